The highest BCUT2D eigenvalue weighted by Crippen LogP contribution is 2.25. The molecule has 2 rings (SSSR count). The van der Waals surface area contributed by atoms with Crippen LogP contribution in [0.25, 0.3) is 0 Å². The van der Waals surface area contributed by atoms with Crippen molar-refractivity contribution in [1.29, 1.82) is 0 Å². The van der Waals surface area contributed by atoms with Gasteiger partial charge in [-0.1, -0.05) is 11.2 Å². The van der Waals surface area contributed by atoms with Crippen molar-refractivity contribution in [2.45, 2.75) is 26.3 Å². The molecule has 0 aliphatic rings. The lowest BCUT2D eigenvalue weighted by molar-refractivity contribution is 0.318. The van der Waals surface area contributed by atoms with E-state index in [4.69, 9.17) is 10.9 Å². The molecular formula is C14H21N5OS. The van der Waals surface area contributed by atoms with Crippen molar-refractivity contribution in [1.82, 2.24) is 9.78 Å². The summed E-state index contributed by atoms with van der Waals surface area (Å²) in [6.45, 7) is 4.01. The molecule has 0 aromatic carbocycles. The van der Waals surface area contributed by atoms with Gasteiger partial charge in [0.15, 0.2) is 5.84 Å². The second-order valence-corrected chi connectivity index (χ2v) is 6.17. The number of rotatable bonds is 5. The number of hydrogen-bond acceptors (Lipinski definition) is 5. The molecule has 0 aliphatic carbocycles. The number of aromatic nitrogens is 2. The molecule has 0 amide bonds. The fourth-order valence-electron chi connectivity index (χ4n) is 2.47. The Hall–Kier alpha value is -2.02. The summed E-state index contributed by atoms with van der Waals surface area (Å²) in [4.78, 5) is 3.45. The van der Waals surface area contributed by atoms with Crippen LogP contribution in [0, 0.1) is 6.92 Å². The lowest BCUT2D eigenvalue weighted by atomic mass is 10.1. The van der Waals surface area contributed by atoms with Crippen molar-refractivity contribution in [3.63, 3.8) is 0 Å². The largest absolute Gasteiger partial charge is 0.409 e. The summed E-state index contributed by atoms with van der Waals surface area (Å²) in [6, 6.07) is 4.46. The van der Waals surface area contributed by atoms with Crippen LogP contribution in [0.15, 0.2) is 22.7 Å². The Kier molecular flexibility index (Phi) is 4.52. The van der Waals surface area contributed by atoms with Crippen molar-refractivity contribution in [3.05, 3.63) is 33.6 Å². The van der Waals surface area contributed by atoms with Gasteiger partial charge in [-0.2, -0.15) is 5.10 Å². The average molecular weight is 307 g/mol. The third-order valence-corrected chi connectivity index (χ3v) is 4.53. The molecule has 3 N–H and O–H groups in total. The normalized spacial score (nSPS) is 13.4. The van der Waals surface area contributed by atoms with Crippen molar-refractivity contribution in [3.8, 4) is 0 Å². The van der Waals surface area contributed by atoms with Crippen LogP contribution in [0.2, 0.25) is 0 Å². The number of oxime groups is 1. The van der Waals surface area contributed by atoms with Gasteiger partial charge in [0.1, 0.15) is 5.82 Å². The van der Waals surface area contributed by atoms with Gasteiger partial charge in [-0.15, -0.1) is 11.3 Å². The average Bonchev–Trinajstić information content (AvgIpc) is 3.04. The zero-order valence-electron chi connectivity index (χ0n) is 12.7. The Morgan fingerprint density at radius 2 is 2.33 bits per heavy atom. The van der Waals surface area contributed by atoms with E-state index in [1.165, 1.54) is 4.88 Å². The lowest BCUT2D eigenvalue weighted by Crippen LogP contribution is -2.34. The Bertz CT molecular complexity index is 632. The van der Waals surface area contributed by atoms with E-state index in [1.54, 1.807) is 16.0 Å². The summed E-state index contributed by atoms with van der Waals surface area (Å²) in [6.07, 6.45) is 0.938. The van der Waals surface area contributed by atoms with Crippen LogP contribution in [-0.2, 0) is 13.5 Å². The molecule has 2 aromatic rings. The van der Waals surface area contributed by atoms with Gasteiger partial charge in [0.2, 0.25) is 0 Å². The summed E-state index contributed by atoms with van der Waals surface area (Å²) in [5, 5.41) is 18.6. The third-order valence-electron chi connectivity index (χ3n) is 3.63. The van der Waals surface area contributed by atoms with Gasteiger partial charge in [0, 0.05) is 31.4 Å². The first-order chi connectivity index (χ1) is 9.95. The molecule has 6 nitrogen and oxygen atoms in total. The highest BCUT2D eigenvalue weighted by Gasteiger charge is 2.23. The fourth-order valence-corrected chi connectivity index (χ4v) is 3.29. The first kappa shape index (κ1) is 15.4. The summed E-state index contributed by atoms with van der Waals surface area (Å²) in [5.41, 5.74) is 7.23. The number of nitrogens with zero attached hydrogens (tertiary/aromatic N) is 4. The Balaban J connectivity index is 2.32. The highest BCUT2D eigenvalue weighted by atomic mass is 32.1. The second kappa shape index (κ2) is 6.17. The standard InChI is InChI=1S/C14H21N5OS/c1-9(8-11-6-5-7-21-11)18(3)14-12(13(15)17-20)10(2)16-19(14)4/h5-7,9,20H,8H2,1-4H3,(H2,15,17). The molecule has 21 heavy (non-hydrogen) atoms. The van der Waals surface area contributed by atoms with Crippen molar-refractivity contribution in [2.75, 3.05) is 11.9 Å². The van der Waals surface area contributed by atoms with Gasteiger partial charge < -0.3 is 15.8 Å². The maximum Gasteiger partial charge on any atom is 0.175 e. The van der Waals surface area contributed by atoms with Gasteiger partial charge in [-0.3, -0.25) is 4.68 Å². The van der Waals surface area contributed by atoms with Crippen LogP contribution < -0.4 is 10.6 Å². The quantitative estimate of drug-likeness (QED) is 0.383. The predicted molar refractivity (Wildman–Crippen MR) is 86.3 cm³/mol. The number of aryl methyl sites for hydroxylation is 2. The second-order valence-electron chi connectivity index (χ2n) is 5.14. The van der Waals surface area contributed by atoms with Crippen LogP contribution in [0.1, 0.15) is 23.1 Å². The monoisotopic (exact) mass is 307 g/mol. The number of thiophene rings is 1. The molecule has 0 spiro atoms. The molecule has 2 aromatic heterocycles. The molecule has 0 saturated carbocycles. The predicted octanol–water partition coefficient (Wildman–Crippen LogP) is 1.95. The van der Waals surface area contributed by atoms with E-state index in [9.17, 15) is 0 Å². The molecule has 0 fully saturated rings. The van der Waals surface area contributed by atoms with Gasteiger partial charge in [0.05, 0.1) is 11.3 Å². The van der Waals surface area contributed by atoms with E-state index in [0.717, 1.165) is 17.9 Å². The zero-order chi connectivity index (χ0) is 15.6. The molecule has 114 valence electrons. The highest BCUT2D eigenvalue weighted by molar-refractivity contribution is 7.09. The minimum Gasteiger partial charge on any atom is -0.409 e. The van der Waals surface area contributed by atoms with Crippen LogP contribution >= 0.6 is 11.3 Å². The van der Waals surface area contributed by atoms with E-state index in [0.29, 0.717) is 5.56 Å². The molecule has 0 bridgehead atoms. The zero-order valence-corrected chi connectivity index (χ0v) is 13.6. The van der Waals surface area contributed by atoms with Crippen LogP contribution in [0.5, 0.6) is 0 Å². The fraction of sp³-hybridized carbons (Fsp3) is 0.429. The van der Waals surface area contributed by atoms with Crippen LogP contribution in [-0.4, -0.2) is 33.9 Å². The number of anilines is 1. The molecular weight excluding hydrogens is 286 g/mol. The van der Waals surface area contributed by atoms with E-state index in [2.05, 4.69) is 39.6 Å². The van der Waals surface area contributed by atoms with Gasteiger partial charge in [-0.05, 0) is 25.3 Å². The first-order valence-electron chi connectivity index (χ1n) is 6.72. The SMILES string of the molecule is Cc1nn(C)c(N(C)C(C)Cc2cccs2)c1C(N)=NO. The summed E-state index contributed by atoms with van der Waals surface area (Å²) in [7, 11) is 3.87. The Labute approximate surface area is 128 Å². The minimum atomic E-state index is 0.0887. The molecule has 2 heterocycles. The maximum absolute atomic E-state index is 8.98. The van der Waals surface area contributed by atoms with Crippen LogP contribution in [0.4, 0.5) is 5.82 Å². The Morgan fingerprint density at radius 1 is 1.62 bits per heavy atom. The van der Waals surface area contributed by atoms with Gasteiger partial charge >= 0.3 is 0 Å². The third kappa shape index (κ3) is 3.02. The number of nitrogens with two attached hydrogens (primary N) is 1. The van der Waals surface area contributed by atoms with Gasteiger partial charge in [-0.25, -0.2) is 0 Å². The van der Waals surface area contributed by atoms with Crippen LogP contribution in [0.3, 0.4) is 0 Å². The molecule has 0 aliphatic heterocycles. The van der Waals surface area contributed by atoms with Crippen molar-refractivity contribution < 1.29 is 5.21 Å². The van der Waals surface area contributed by atoms with E-state index in [-0.39, 0.29) is 11.9 Å². The Morgan fingerprint density at radius 3 is 2.90 bits per heavy atom. The minimum absolute atomic E-state index is 0.0887. The molecule has 1 unspecified atom stereocenters. The molecule has 1 atom stereocenters. The smallest absolute Gasteiger partial charge is 0.175 e. The van der Waals surface area contributed by atoms with E-state index >= 15 is 0 Å². The number of likely N-dealkylation sites (N-methyl/N-ethyl adjacent to an activating group) is 1. The van der Waals surface area contributed by atoms with E-state index < -0.39 is 0 Å². The van der Waals surface area contributed by atoms with Crippen molar-refractivity contribution in [2.24, 2.45) is 17.9 Å². The van der Waals surface area contributed by atoms with Crippen molar-refractivity contribution >= 4 is 23.0 Å². The summed E-state index contributed by atoms with van der Waals surface area (Å²) < 4.78 is 1.77. The number of amidine groups is 1. The number of hydrogen-bond donors (Lipinski definition) is 2. The topological polar surface area (TPSA) is 79.7 Å². The lowest BCUT2D eigenvalue weighted by Gasteiger charge is -2.27. The molecule has 7 heteroatoms. The molecule has 0 radical (unpaired) electrons. The first-order valence-corrected chi connectivity index (χ1v) is 7.60. The molecule has 0 saturated heterocycles. The van der Waals surface area contributed by atoms with Gasteiger partial charge in [0.25, 0.3) is 0 Å². The maximum atomic E-state index is 8.98. The summed E-state index contributed by atoms with van der Waals surface area (Å²) >= 11 is 1.75. The summed E-state index contributed by atoms with van der Waals surface area (Å²) in [5.74, 6) is 0.942. The van der Waals surface area contributed by atoms with E-state index in [1.807, 2.05) is 21.0 Å².